The van der Waals surface area contributed by atoms with Gasteiger partial charge < -0.3 is 10.1 Å². The number of anilines is 1. The van der Waals surface area contributed by atoms with Crippen molar-refractivity contribution in [3.05, 3.63) is 42.0 Å². The van der Waals surface area contributed by atoms with E-state index >= 15 is 0 Å². The van der Waals surface area contributed by atoms with Crippen molar-refractivity contribution in [3.8, 4) is 0 Å². The van der Waals surface area contributed by atoms with E-state index in [2.05, 4.69) is 17.5 Å². The van der Waals surface area contributed by atoms with E-state index in [4.69, 9.17) is 4.74 Å². The predicted molar refractivity (Wildman–Crippen MR) is 112 cm³/mol. The van der Waals surface area contributed by atoms with Gasteiger partial charge in [-0.05, 0) is 60.8 Å². The molecule has 1 aromatic rings. The maximum Gasteiger partial charge on any atom is 0.338 e. The van der Waals surface area contributed by atoms with Crippen molar-refractivity contribution >= 4 is 29.4 Å². The molecule has 0 spiro atoms. The first-order chi connectivity index (χ1) is 15.0. The van der Waals surface area contributed by atoms with Crippen molar-refractivity contribution in [2.75, 3.05) is 18.5 Å². The minimum absolute atomic E-state index is 0.0484. The van der Waals surface area contributed by atoms with Crippen molar-refractivity contribution < 1.29 is 23.9 Å². The van der Waals surface area contributed by atoms with E-state index in [1.165, 1.54) is 4.90 Å². The van der Waals surface area contributed by atoms with Gasteiger partial charge in [0.05, 0.1) is 24.0 Å². The van der Waals surface area contributed by atoms with E-state index in [9.17, 15) is 19.2 Å². The van der Waals surface area contributed by atoms with Crippen LogP contribution in [0.2, 0.25) is 0 Å². The molecule has 1 saturated heterocycles. The van der Waals surface area contributed by atoms with Crippen LogP contribution in [0.5, 0.6) is 0 Å². The van der Waals surface area contributed by atoms with Crippen LogP contribution in [0.4, 0.5) is 5.69 Å². The second-order valence-corrected chi connectivity index (χ2v) is 8.99. The van der Waals surface area contributed by atoms with Crippen LogP contribution in [0.25, 0.3) is 0 Å². The normalized spacial score (nSPS) is 32.0. The van der Waals surface area contributed by atoms with Crippen LogP contribution in [-0.2, 0) is 19.1 Å². The van der Waals surface area contributed by atoms with Crippen LogP contribution in [0, 0.1) is 35.5 Å². The zero-order valence-corrected chi connectivity index (χ0v) is 17.5. The van der Waals surface area contributed by atoms with Gasteiger partial charge in [0.2, 0.25) is 17.7 Å². The Morgan fingerprint density at radius 3 is 2.23 bits per heavy atom. The second kappa shape index (κ2) is 7.62. The number of benzene rings is 1. The minimum atomic E-state index is -0.395. The van der Waals surface area contributed by atoms with Gasteiger partial charge in [0.1, 0.15) is 0 Å². The molecule has 6 atom stereocenters. The highest BCUT2D eigenvalue weighted by Gasteiger charge is 2.66. The van der Waals surface area contributed by atoms with Gasteiger partial charge in [-0.15, -0.1) is 0 Å². The molecule has 0 unspecified atom stereocenters. The summed E-state index contributed by atoms with van der Waals surface area (Å²) in [5.74, 6) is 0.176. The number of imide groups is 1. The molecule has 4 aliphatic carbocycles. The highest BCUT2D eigenvalue weighted by atomic mass is 16.5. The number of likely N-dealkylation sites (tertiary alicyclic amines) is 1. The maximum atomic E-state index is 12.9. The predicted octanol–water partition coefficient (Wildman–Crippen LogP) is 2.64. The summed E-state index contributed by atoms with van der Waals surface area (Å²) in [6, 6.07) is 6.47. The number of esters is 1. The van der Waals surface area contributed by atoms with Crippen LogP contribution in [0.15, 0.2) is 36.4 Å². The van der Waals surface area contributed by atoms with E-state index in [1.807, 2.05) is 6.92 Å². The largest absolute Gasteiger partial charge is 0.462 e. The van der Waals surface area contributed by atoms with Crippen molar-refractivity contribution in [1.29, 1.82) is 0 Å². The molecule has 5 aliphatic rings. The lowest BCUT2D eigenvalue weighted by molar-refractivity contribution is -0.140. The summed E-state index contributed by atoms with van der Waals surface area (Å²) in [7, 11) is 0. The first-order valence-corrected chi connectivity index (χ1v) is 11.1. The number of rotatable bonds is 7. The number of amides is 3. The molecule has 7 heteroatoms. The average Bonchev–Trinajstić information content (AvgIpc) is 3.56. The summed E-state index contributed by atoms with van der Waals surface area (Å²) in [6.45, 7) is 2.39. The van der Waals surface area contributed by atoms with Gasteiger partial charge in [0.15, 0.2) is 0 Å². The van der Waals surface area contributed by atoms with Gasteiger partial charge >= 0.3 is 5.97 Å². The summed E-state index contributed by atoms with van der Waals surface area (Å²) in [5, 5.41) is 2.76. The summed E-state index contributed by atoms with van der Waals surface area (Å²) in [6.07, 6.45) is 6.22. The van der Waals surface area contributed by atoms with E-state index in [1.54, 1.807) is 24.3 Å². The minimum Gasteiger partial charge on any atom is -0.462 e. The molecular formula is C24H26N2O5. The van der Waals surface area contributed by atoms with Gasteiger partial charge in [-0.2, -0.15) is 0 Å². The monoisotopic (exact) mass is 422 g/mol. The van der Waals surface area contributed by atoms with Gasteiger partial charge in [-0.25, -0.2) is 4.79 Å². The number of ether oxygens (including phenoxy) is 1. The Bertz CT molecular complexity index is 933. The standard InChI is InChI=1S/C24H26N2O5/c1-2-11-31-24(30)13-3-5-14(6-4-13)25-19(27)9-10-26-22(28)20-15-7-8-16(18-12-17(15)18)21(20)23(26)29/h3-8,15-18,20-21H,2,9-12H2,1H3,(H,25,27)/t15-,16-,17-,18-,20+,21+/m0/s1. The number of carbonyl (C=O) groups excluding carboxylic acids is 4. The smallest absolute Gasteiger partial charge is 0.338 e. The molecular weight excluding hydrogens is 396 g/mol. The van der Waals surface area contributed by atoms with E-state index in [-0.39, 0.29) is 54.4 Å². The molecule has 7 nitrogen and oxygen atoms in total. The Morgan fingerprint density at radius 1 is 1.03 bits per heavy atom. The molecule has 1 N–H and O–H groups in total. The first kappa shape index (κ1) is 20.0. The zero-order chi connectivity index (χ0) is 21.7. The zero-order valence-electron chi connectivity index (χ0n) is 17.5. The molecule has 31 heavy (non-hydrogen) atoms. The molecule has 0 radical (unpaired) electrons. The van der Waals surface area contributed by atoms with Gasteiger partial charge in [0.25, 0.3) is 0 Å². The van der Waals surface area contributed by atoms with Crippen LogP contribution in [0.1, 0.15) is 36.5 Å². The van der Waals surface area contributed by atoms with Crippen molar-refractivity contribution in [3.63, 3.8) is 0 Å². The number of carbonyl (C=O) groups is 4. The van der Waals surface area contributed by atoms with E-state index in [0.717, 1.165) is 12.8 Å². The SMILES string of the molecule is CCCOC(=O)c1ccc(NC(=O)CCN2C(=O)[C@@H]3[C@H]4C=C[C@@H]([C@@H]5C[C@@H]45)[C@H]3C2=O)cc1. The fraction of sp³-hybridized carbons (Fsp3) is 0.500. The van der Waals surface area contributed by atoms with Crippen LogP contribution >= 0.6 is 0 Å². The third-order valence-corrected chi connectivity index (χ3v) is 7.16. The van der Waals surface area contributed by atoms with Crippen molar-refractivity contribution in [1.82, 2.24) is 4.90 Å². The summed E-state index contributed by atoms with van der Waals surface area (Å²) < 4.78 is 5.08. The summed E-state index contributed by atoms with van der Waals surface area (Å²) in [4.78, 5) is 51.4. The van der Waals surface area contributed by atoms with E-state index in [0.29, 0.717) is 29.7 Å². The third-order valence-electron chi connectivity index (χ3n) is 7.16. The lowest BCUT2D eigenvalue weighted by Crippen LogP contribution is -2.40. The summed E-state index contributed by atoms with van der Waals surface area (Å²) >= 11 is 0. The molecule has 2 saturated carbocycles. The van der Waals surface area contributed by atoms with Crippen molar-refractivity contribution in [2.24, 2.45) is 35.5 Å². The van der Waals surface area contributed by atoms with Crippen LogP contribution in [0.3, 0.4) is 0 Å². The highest BCUT2D eigenvalue weighted by Crippen LogP contribution is 2.65. The quantitative estimate of drug-likeness (QED) is 0.414. The Kier molecular flexibility index (Phi) is 4.91. The molecule has 2 bridgehead atoms. The fourth-order valence-corrected chi connectivity index (χ4v) is 5.64. The van der Waals surface area contributed by atoms with Crippen molar-refractivity contribution in [2.45, 2.75) is 26.2 Å². The molecule has 162 valence electrons. The lowest BCUT2D eigenvalue weighted by atomic mass is 9.63. The molecule has 0 aromatic heterocycles. The molecule has 3 fully saturated rings. The van der Waals surface area contributed by atoms with E-state index < -0.39 is 5.97 Å². The Hall–Kier alpha value is -2.96. The third kappa shape index (κ3) is 3.36. The molecule has 6 rings (SSSR count). The van der Waals surface area contributed by atoms with Crippen LogP contribution < -0.4 is 5.32 Å². The second-order valence-electron chi connectivity index (χ2n) is 8.99. The number of hydrogen-bond acceptors (Lipinski definition) is 5. The van der Waals surface area contributed by atoms with Crippen LogP contribution in [-0.4, -0.2) is 41.7 Å². The molecule has 1 aromatic carbocycles. The van der Waals surface area contributed by atoms with Gasteiger partial charge in [-0.1, -0.05) is 19.1 Å². The Morgan fingerprint density at radius 2 is 1.65 bits per heavy atom. The average molecular weight is 422 g/mol. The van der Waals surface area contributed by atoms with Gasteiger partial charge in [0, 0.05) is 18.7 Å². The Labute approximate surface area is 180 Å². The number of hydrogen-bond donors (Lipinski definition) is 1. The molecule has 3 amide bonds. The first-order valence-electron chi connectivity index (χ1n) is 11.1. The maximum absolute atomic E-state index is 12.9. The molecule has 1 aliphatic heterocycles. The molecule has 1 heterocycles. The summed E-state index contributed by atoms with van der Waals surface area (Å²) in [5.41, 5.74) is 0.968. The number of nitrogens with zero attached hydrogens (tertiary/aromatic N) is 1. The van der Waals surface area contributed by atoms with Gasteiger partial charge in [-0.3, -0.25) is 19.3 Å². The fourth-order valence-electron chi connectivity index (χ4n) is 5.64. The number of nitrogens with one attached hydrogen (secondary N) is 1. The Balaban J connectivity index is 1.16. The number of allylic oxidation sites excluding steroid dienone is 2. The topological polar surface area (TPSA) is 92.8 Å². The lowest BCUT2D eigenvalue weighted by Gasteiger charge is -2.37. The highest BCUT2D eigenvalue weighted by molar-refractivity contribution is 6.06.